The van der Waals surface area contributed by atoms with Crippen LogP contribution in [0.25, 0.3) is 28.2 Å². The summed E-state index contributed by atoms with van der Waals surface area (Å²) in [5.41, 5.74) is 12.5. The summed E-state index contributed by atoms with van der Waals surface area (Å²) in [5.74, 6) is 2.01. The summed E-state index contributed by atoms with van der Waals surface area (Å²) in [5, 5.41) is 3.97. The second-order valence-corrected chi connectivity index (χ2v) is 11.9. The highest BCUT2D eigenvalue weighted by Crippen LogP contribution is 2.37. The van der Waals surface area contributed by atoms with Gasteiger partial charge in [-0.25, -0.2) is 19.3 Å². The standard InChI is InChI=1S/C33H39FN8/c1-2-16-40-17-13-24(14-18-40)37-28-8-5-22-21-25(6-7-26(22)28)42-32(27-4-3-15-36-31(27)35)38-29-9-10-30(39-33(29)42)41-19-11-23(34)12-20-41/h2-4,6-7,9-10,15,21,23-24,28,37H,1,5,8,11-14,16-20H2,(H2,35,36)/t28-/m0/s1. The van der Waals surface area contributed by atoms with E-state index in [0.29, 0.717) is 43.8 Å². The molecule has 0 bridgehead atoms. The number of imidazole rings is 1. The molecule has 0 radical (unpaired) electrons. The first-order valence-corrected chi connectivity index (χ1v) is 15.3. The zero-order chi connectivity index (χ0) is 28.6. The molecule has 0 spiro atoms. The van der Waals surface area contributed by atoms with E-state index in [1.165, 1.54) is 24.0 Å². The molecule has 2 aliphatic heterocycles. The zero-order valence-corrected chi connectivity index (χ0v) is 24.1. The maximum atomic E-state index is 13.9. The van der Waals surface area contributed by atoms with Crippen molar-refractivity contribution in [3.8, 4) is 17.1 Å². The van der Waals surface area contributed by atoms with Gasteiger partial charge in [-0.3, -0.25) is 9.47 Å². The zero-order valence-electron chi connectivity index (χ0n) is 24.1. The third kappa shape index (κ3) is 5.16. The summed E-state index contributed by atoms with van der Waals surface area (Å²) >= 11 is 0. The Morgan fingerprint density at radius 1 is 1.00 bits per heavy atom. The summed E-state index contributed by atoms with van der Waals surface area (Å²) < 4.78 is 16.0. The minimum Gasteiger partial charge on any atom is -0.383 e. The highest BCUT2D eigenvalue weighted by molar-refractivity contribution is 5.84. The van der Waals surface area contributed by atoms with Crippen LogP contribution >= 0.6 is 0 Å². The van der Waals surface area contributed by atoms with Gasteiger partial charge in [0.05, 0.1) is 5.56 Å². The number of pyridine rings is 2. The van der Waals surface area contributed by atoms with Crippen molar-refractivity contribution in [1.82, 2.24) is 29.7 Å². The van der Waals surface area contributed by atoms with Crippen LogP contribution in [-0.2, 0) is 6.42 Å². The van der Waals surface area contributed by atoms with E-state index in [1.807, 2.05) is 30.3 Å². The van der Waals surface area contributed by atoms with E-state index in [4.69, 9.17) is 15.7 Å². The Balaban J connectivity index is 1.23. The molecule has 4 aromatic rings. The number of rotatable bonds is 7. The van der Waals surface area contributed by atoms with Crippen molar-refractivity contribution in [2.45, 2.75) is 56.8 Å². The summed E-state index contributed by atoms with van der Waals surface area (Å²) in [6.45, 7) is 8.44. The molecule has 7 rings (SSSR count). The number of fused-ring (bicyclic) bond motifs is 2. The fourth-order valence-electron chi connectivity index (χ4n) is 6.90. The van der Waals surface area contributed by atoms with E-state index in [1.54, 1.807) is 6.20 Å². The quantitative estimate of drug-likeness (QED) is 0.296. The summed E-state index contributed by atoms with van der Waals surface area (Å²) in [6.07, 6.45) is 8.51. The topological polar surface area (TPSA) is 88.1 Å². The van der Waals surface area contributed by atoms with Crippen LogP contribution in [0.5, 0.6) is 0 Å². The van der Waals surface area contributed by atoms with Crippen LogP contribution in [0.1, 0.15) is 49.3 Å². The third-order valence-corrected chi connectivity index (χ3v) is 9.19. The Morgan fingerprint density at radius 3 is 2.62 bits per heavy atom. The Bertz CT molecular complexity index is 1580. The first kappa shape index (κ1) is 27.0. The van der Waals surface area contributed by atoms with Gasteiger partial charge >= 0.3 is 0 Å². The lowest BCUT2D eigenvalue weighted by molar-refractivity contribution is 0.206. The first-order chi connectivity index (χ1) is 20.6. The fourth-order valence-corrected chi connectivity index (χ4v) is 6.90. The Morgan fingerprint density at radius 2 is 1.83 bits per heavy atom. The van der Waals surface area contributed by atoms with Crippen LogP contribution < -0.4 is 16.0 Å². The van der Waals surface area contributed by atoms with Crippen LogP contribution in [0.3, 0.4) is 0 Å². The van der Waals surface area contributed by atoms with Crippen molar-refractivity contribution in [2.75, 3.05) is 43.4 Å². The van der Waals surface area contributed by atoms with Gasteiger partial charge in [0.15, 0.2) is 11.5 Å². The van der Waals surface area contributed by atoms with Crippen molar-refractivity contribution in [3.05, 3.63) is 72.4 Å². The maximum Gasteiger partial charge on any atom is 0.167 e. The highest BCUT2D eigenvalue weighted by atomic mass is 19.1. The van der Waals surface area contributed by atoms with E-state index >= 15 is 0 Å². The van der Waals surface area contributed by atoms with Gasteiger partial charge in [0.2, 0.25) is 0 Å². The third-order valence-electron chi connectivity index (χ3n) is 9.19. The minimum atomic E-state index is -0.731. The number of aromatic nitrogens is 4. The number of nitrogens with zero attached hydrogens (tertiary/aromatic N) is 6. The molecule has 1 aromatic carbocycles. The molecule has 3 N–H and O–H groups in total. The minimum absolute atomic E-state index is 0.376. The molecule has 0 amide bonds. The molecule has 2 fully saturated rings. The number of hydrogen-bond acceptors (Lipinski definition) is 7. The first-order valence-electron chi connectivity index (χ1n) is 15.3. The molecule has 5 heterocycles. The molecular formula is C33H39FN8. The number of likely N-dealkylation sites (tertiary alicyclic amines) is 1. The second-order valence-electron chi connectivity index (χ2n) is 11.9. The lowest BCUT2D eigenvalue weighted by Gasteiger charge is -2.33. The summed E-state index contributed by atoms with van der Waals surface area (Å²) in [6, 6.07) is 15.5. The normalized spacial score (nSPS) is 20.3. The number of halogens is 1. The van der Waals surface area contributed by atoms with Crippen molar-refractivity contribution < 1.29 is 4.39 Å². The second kappa shape index (κ2) is 11.5. The molecule has 42 heavy (non-hydrogen) atoms. The van der Waals surface area contributed by atoms with Gasteiger partial charge in [-0.15, -0.1) is 6.58 Å². The molecule has 3 aromatic heterocycles. The Kier molecular flexibility index (Phi) is 7.38. The summed E-state index contributed by atoms with van der Waals surface area (Å²) in [7, 11) is 0. The molecular weight excluding hydrogens is 527 g/mol. The highest BCUT2D eigenvalue weighted by Gasteiger charge is 2.28. The van der Waals surface area contributed by atoms with Crippen molar-refractivity contribution >= 4 is 22.8 Å². The molecule has 0 unspecified atom stereocenters. The number of anilines is 2. The van der Waals surface area contributed by atoms with Gasteiger partial charge in [0, 0.05) is 43.6 Å². The van der Waals surface area contributed by atoms with Crippen molar-refractivity contribution in [1.29, 1.82) is 0 Å². The molecule has 1 atom stereocenters. The number of nitrogen functional groups attached to an aromatic ring is 1. The number of hydrogen-bond donors (Lipinski definition) is 2. The van der Waals surface area contributed by atoms with Gasteiger partial charge in [0.1, 0.15) is 23.3 Å². The molecule has 0 saturated carbocycles. The van der Waals surface area contributed by atoms with E-state index in [9.17, 15) is 4.39 Å². The van der Waals surface area contributed by atoms with Crippen LogP contribution in [0.15, 0.2) is 61.3 Å². The molecule has 218 valence electrons. The Hall–Kier alpha value is -3.82. The van der Waals surface area contributed by atoms with E-state index in [0.717, 1.165) is 66.5 Å². The maximum absolute atomic E-state index is 13.9. The van der Waals surface area contributed by atoms with Crippen molar-refractivity contribution in [3.63, 3.8) is 0 Å². The van der Waals surface area contributed by atoms with E-state index in [-0.39, 0.29) is 0 Å². The average Bonchev–Trinajstić information content (AvgIpc) is 3.59. The van der Waals surface area contributed by atoms with E-state index in [2.05, 4.69) is 49.4 Å². The van der Waals surface area contributed by atoms with E-state index < -0.39 is 6.17 Å². The van der Waals surface area contributed by atoms with Crippen LogP contribution in [-0.4, -0.2) is 69.4 Å². The molecule has 1 aliphatic carbocycles. The number of piperidine rings is 2. The lowest BCUT2D eigenvalue weighted by Crippen LogP contribution is -2.43. The smallest absolute Gasteiger partial charge is 0.167 e. The predicted molar refractivity (Wildman–Crippen MR) is 167 cm³/mol. The van der Waals surface area contributed by atoms with Crippen molar-refractivity contribution in [2.24, 2.45) is 0 Å². The predicted octanol–water partition coefficient (Wildman–Crippen LogP) is 5.23. The number of nitrogens with one attached hydrogen (secondary N) is 1. The number of benzene rings is 1. The monoisotopic (exact) mass is 566 g/mol. The van der Waals surface area contributed by atoms with Gasteiger partial charge in [0.25, 0.3) is 0 Å². The van der Waals surface area contributed by atoms with Crippen LogP contribution in [0.2, 0.25) is 0 Å². The Labute approximate surface area is 246 Å². The van der Waals surface area contributed by atoms with Crippen LogP contribution in [0.4, 0.5) is 16.0 Å². The van der Waals surface area contributed by atoms with Gasteiger partial charge in [-0.05, 0) is 99.1 Å². The number of alkyl halides is 1. The number of nitrogens with two attached hydrogens (primary N) is 1. The van der Waals surface area contributed by atoms with Gasteiger partial charge in [-0.2, -0.15) is 0 Å². The van der Waals surface area contributed by atoms with Gasteiger partial charge in [-0.1, -0.05) is 12.1 Å². The average molecular weight is 567 g/mol. The van der Waals surface area contributed by atoms with Gasteiger partial charge < -0.3 is 16.0 Å². The fraction of sp³-hybridized carbons (Fsp3) is 0.424. The SMILES string of the molecule is C=CCN1CCC(N[C@H]2CCc3cc(-n4c(-c5cccnc5N)nc5ccc(N6CCC(F)CC6)nc54)ccc32)CC1. The summed E-state index contributed by atoms with van der Waals surface area (Å²) in [4.78, 5) is 19.1. The van der Waals surface area contributed by atoms with Crippen LogP contribution in [0, 0.1) is 0 Å². The number of aryl methyl sites for hydroxylation is 1. The molecule has 8 nitrogen and oxygen atoms in total. The molecule has 3 aliphatic rings. The largest absolute Gasteiger partial charge is 0.383 e. The molecule has 9 heteroatoms. The molecule has 2 saturated heterocycles. The lowest BCUT2D eigenvalue weighted by atomic mass is 10.0.